The van der Waals surface area contributed by atoms with Crippen LogP contribution in [0.2, 0.25) is 5.02 Å². The summed E-state index contributed by atoms with van der Waals surface area (Å²) in [5.41, 5.74) is 4.84. The Morgan fingerprint density at radius 1 is 1.00 bits per heavy atom. The van der Waals surface area contributed by atoms with E-state index in [2.05, 4.69) is 27.6 Å². The number of nitrogens with one attached hydrogen (secondary N) is 2. The zero-order valence-electron chi connectivity index (χ0n) is 15.3. The number of rotatable bonds is 6. The number of aryl methyl sites for hydroxylation is 1. The van der Waals surface area contributed by atoms with Gasteiger partial charge in [0.1, 0.15) is 0 Å². The molecule has 4 nitrogen and oxygen atoms in total. The van der Waals surface area contributed by atoms with Gasteiger partial charge < -0.3 is 5.32 Å². The fraction of sp³-hybridized carbons (Fsp3) is 0.130. The van der Waals surface area contributed by atoms with Gasteiger partial charge in [-0.2, -0.15) is 5.10 Å². The molecule has 2 N–H and O–H groups in total. The van der Waals surface area contributed by atoms with Crippen molar-refractivity contribution in [3.63, 3.8) is 0 Å². The normalized spacial score (nSPS) is 10.9. The van der Waals surface area contributed by atoms with Gasteiger partial charge in [0.25, 0.3) is 5.91 Å². The lowest BCUT2D eigenvalue weighted by Gasteiger charge is -2.13. The first kappa shape index (κ1) is 18.3. The van der Waals surface area contributed by atoms with Crippen LogP contribution in [-0.2, 0) is 19.4 Å². The van der Waals surface area contributed by atoms with E-state index in [-0.39, 0.29) is 5.91 Å². The fourth-order valence-electron chi connectivity index (χ4n) is 3.32. The third-order valence-electron chi connectivity index (χ3n) is 4.87. The van der Waals surface area contributed by atoms with Gasteiger partial charge in [0, 0.05) is 22.5 Å². The minimum atomic E-state index is -0.120. The number of aromatic amines is 1. The first-order valence-electron chi connectivity index (χ1n) is 9.22. The number of nitrogens with zero attached hydrogens (tertiary/aromatic N) is 1. The minimum Gasteiger partial charge on any atom is -0.348 e. The van der Waals surface area contributed by atoms with Gasteiger partial charge in [-0.1, -0.05) is 60.1 Å². The summed E-state index contributed by atoms with van der Waals surface area (Å²) in [6.45, 7) is 0.435. The molecule has 0 saturated carbocycles. The van der Waals surface area contributed by atoms with Gasteiger partial charge in [-0.05, 0) is 47.7 Å². The van der Waals surface area contributed by atoms with Crippen LogP contribution in [0, 0.1) is 0 Å². The number of fused-ring (bicyclic) bond motifs is 1. The lowest BCUT2D eigenvalue weighted by Crippen LogP contribution is -2.23. The Bertz CT molecular complexity index is 1110. The van der Waals surface area contributed by atoms with Crippen LogP contribution in [0.3, 0.4) is 0 Å². The van der Waals surface area contributed by atoms with Gasteiger partial charge in [-0.3, -0.25) is 9.89 Å². The molecule has 0 spiro atoms. The Morgan fingerprint density at radius 2 is 1.86 bits per heavy atom. The van der Waals surface area contributed by atoms with Crippen LogP contribution in [0.4, 0.5) is 0 Å². The Labute approximate surface area is 168 Å². The molecule has 3 aromatic carbocycles. The molecule has 4 rings (SSSR count). The molecule has 0 bridgehead atoms. The smallest absolute Gasteiger partial charge is 0.251 e. The predicted molar refractivity (Wildman–Crippen MR) is 113 cm³/mol. The highest BCUT2D eigenvalue weighted by Gasteiger charge is 2.11. The van der Waals surface area contributed by atoms with Crippen molar-refractivity contribution in [2.75, 3.05) is 0 Å². The summed E-state index contributed by atoms with van der Waals surface area (Å²) in [5.74, 6) is -0.120. The standard InChI is InChI=1S/C23H20ClN3O/c24-21-8-4-7-18(20(21)12-9-16-5-2-1-3-6-16)14-25-23(28)17-10-11-19-15-26-27-22(19)13-17/h1-8,10-11,13,15H,9,12,14H2,(H,25,28)(H,26,27). The highest BCUT2D eigenvalue weighted by Crippen LogP contribution is 2.22. The van der Waals surface area contributed by atoms with Gasteiger partial charge in [0.2, 0.25) is 0 Å². The van der Waals surface area contributed by atoms with Crippen LogP contribution in [0.15, 0.2) is 72.9 Å². The second-order valence-electron chi connectivity index (χ2n) is 6.72. The molecule has 5 heteroatoms. The van der Waals surface area contributed by atoms with E-state index in [0.717, 1.165) is 39.9 Å². The van der Waals surface area contributed by atoms with E-state index >= 15 is 0 Å². The second-order valence-corrected chi connectivity index (χ2v) is 7.13. The number of amides is 1. The van der Waals surface area contributed by atoms with Gasteiger partial charge in [-0.25, -0.2) is 0 Å². The summed E-state index contributed by atoms with van der Waals surface area (Å²) in [4.78, 5) is 12.6. The van der Waals surface area contributed by atoms with Gasteiger partial charge in [0.15, 0.2) is 0 Å². The summed E-state index contributed by atoms with van der Waals surface area (Å²) in [6, 6.07) is 21.7. The lowest BCUT2D eigenvalue weighted by molar-refractivity contribution is 0.0951. The van der Waals surface area contributed by atoms with E-state index in [4.69, 9.17) is 11.6 Å². The average Bonchev–Trinajstić information content (AvgIpc) is 3.20. The van der Waals surface area contributed by atoms with Crippen LogP contribution >= 0.6 is 11.6 Å². The summed E-state index contributed by atoms with van der Waals surface area (Å²) < 4.78 is 0. The average molecular weight is 390 g/mol. The predicted octanol–water partition coefficient (Wildman–Crippen LogP) is 4.93. The topological polar surface area (TPSA) is 57.8 Å². The van der Waals surface area contributed by atoms with Crippen molar-refractivity contribution in [2.45, 2.75) is 19.4 Å². The molecule has 1 heterocycles. The maximum absolute atomic E-state index is 12.6. The molecule has 4 aromatic rings. The van der Waals surface area contributed by atoms with Crippen LogP contribution in [0.1, 0.15) is 27.0 Å². The second kappa shape index (κ2) is 8.28. The largest absolute Gasteiger partial charge is 0.348 e. The van der Waals surface area contributed by atoms with Crippen molar-refractivity contribution >= 4 is 28.4 Å². The molecular formula is C23H20ClN3O. The third kappa shape index (κ3) is 4.07. The van der Waals surface area contributed by atoms with Crippen molar-refractivity contribution in [1.82, 2.24) is 15.5 Å². The van der Waals surface area contributed by atoms with E-state index < -0.39 is 0 Å². The number of halogens is 1. The molecule has 1 aromatic heterocycles. The van der Waals surface area contributed by atoms with Crippen LogP contribution in [0.5, 0.6) is 0 Å². The molecule has 0 fully saturated rings. The maximum Gasteiger partial charge on any atom is 0.251 e. The van der Waals surface area contributed by atoms with Crippen molar-refractivity contribution < 1.29 is 4.79 Å². The summed E-state index contributed by atoms with van der Waals surface area (Å²) in [6.07, 6.45) is 3.47. The monoisotopic (exact) mass is 389 g/mol. The van der Waals surface area contributed by atoms with E-state index in [1.807, 2.05) is 54.6 Å². The van der Waals surface area contributed by atoms with Gasteiger partial charge >= 0.3 is 0 Å². The molecule has 0 unspecified atom stereocenters. The zero-order chi connectivity index (χ0) is 19.3. The van der Waals surface area contributed by atoms with Crippen molar-refractivity contribution in [3.05, 3.63) is 100 Å². The van der Waals surface area contributed by atoms with E-state index in [9.17, 15) is 4.79 Å². The Kier molecular flexibility index (Phi) is 5.40. The van der Waals surface area contributed by atoms with Crippen LogP contribution in [0.25, 0.3) is 10.9 Å². The van der Waals surface area contributed by atoms with E-state index in [0.29, 0.717) is 12.1 Å². The van der Waals surface area contributed by atoms with E-state index in [1.165, 1.54) is 5.56 Å². The number of hydrogen-bond donors (Lipinski definition) is 2. The Morgan fingerprint density at radius 3 is 2.71 bits per heavy atom. The number of H-pyrrole nitrogens is 1. The lowest BCUT2D eigenvalue weighted by atomic mass is 9.99. The quantitative estimate of drug-likeness (QED) is 0.491. The molecule has 28 heavy (non-hydrogen) atoms. The zero-order valence-corrected chi connectivity index (χ0v) is 16.0. The number of carbonyl (C=O) groups excluding carboxylic acids is 1. The molecular weight excluding hydrogens is 370 g/mol. The first-order valence-corrected chi connectivity index (χ1v) is 9.60. The SMILES string of the molecule is O=C(NCc1cccc(Cl)c1CCc1ccccc1)c1ccc2cn[nH]c2c1. The summed E-state index contributed by atoms with van der Waals surface area (Å²) >= 11 is 6.46. The van der Waals surface area contributed by atoms with Gasteiger partial charge in [-0.15, -0.1) is 0 Å². The number of carbonyl (C=O) groups is 1. The van der Waals surface area contributed by atoms with Crippen molar-refractivity contribution in [3.8, 4) is 0 Å². The molecule has 0 atom stereocenters. The molecule has 0 aliphatic heterocycles. The van der Waals surface area contributed by atoms with Crippen molar-refractivity contribution in [2.24, 2.45) is 0 Å². The Balaban J connectivity index is 1.46. The molecule has 0 aliphatic rings. The van der Waals surface area contributed by atoms with Crippen LogP contribution in [-0.4, -0.2) is 16.1 Å². The molecule has 0 radical (unpaired) electrons. The molecule has 140 valence electrons. The van der Waals surface area contributed by atoms with Gasteiger partial charge in [0.05, 0.1) is 11.7 Å². The molecule has 0 aliphatic carbocycles. The van der Waals surface area contributed by atoms with Crippen molar-refractivity contribution in [1.29, 1.82) is 0 Å². The highest BCUT2D eigenvalue weighted by atomic mass is 35.5. The number of aromatic nitrogens is 2. The van der Waals surface area contributed by atoms with E-state index in [1.54, 1.807) is 6.20 Å². The molecule has 0 saturated heterocycles. The van der Waals surface area contributed by atoms with Crippen LogP contribution < -0.4 is 5.32 Å². The summed E-state index contributed by atoms with van der Waals surface area (Å²) in [5, 5.41) is 11.6. The Hall–Kier alpha value is -3.11. The first-order chi connectivity index (χ1) is 13.7. The summed E-state index contributed by atoms with van der Waals surface area (Å²) in [7, 11) is 0. The number of benzene rings is 3. The maximum atomic E-state index is 12.6. The minimum absolute atomic E-state index is 0.120. The third-order valence-corrected chi connectivity index (χ3v) is 5.22. The highest BCUT2D eigenvalue weighted by molar-refractivity contribution is 6.31. The number of hydrogen-bond acceptors (Lipinski definition) is 2. The molecule has 1 amide bonds. The fourth-order valence-corrected chi connectivity index (χ4v) is 3.61.